The molecule has 3 rings (SSSR count). The molecular formula is C17H20N2O2. The summed E-state index contributed by atoms with van der Waals surface area (Å²) in [4.78, 5) is 15.2. The molecule has 2 saturated heterocycles. The second kappa shape index (κ2) is 5.59. The normalized spacial score (nSPS) is 28.9. The van der Waals surface area contributed by atoms with Gasteiger partial charge in [0.1, 0.15) is 0 Å². The van der Waals surface area contributed by atoms with E-state index in [1.165, 1.54) is 0 Å². The molecule has 2 atom stereocenters. The maximum atomic E-state index is 12.9. The van der Waals surface area contributed by atoms with Crippen LogP contribution < -0.4 is 0 Å². The lowest BCUT2D eigenvalue weighted by Gasteiger charge is -2.46. The third-order valence-electron chi connectivity index (χ3n) is 4.82. The molecule has 0 radical (unpaired) electrons. The maximum Gasteiger partial charge on any atom is 0.167 e. The van der Waals surface area contributed by atoms with Gasteiger partial charge >= 0.3 is 0 Å². The summed E-state index contributed by atoms with van der Waals surface area (Å²) in [6.07, 6.45) is 1.65. The Morgan fingerprint density at radius 2 is 2.00 bits per heavy atom. The van der Waals surface area contributed by atoms with Crippen LogP contribution in [-0.2, 0) is 4.74 Å². The third-order valence-corrected chi connectivity index (χ3v) is 4.82. The minimum atomic E-state index is 0.00833. The molecule has 0 N–H and O–H groups in total. The summed E-state index contributed by atoms with van der Waals surface area (Å²) in [6.45, 7) is 3.36. The number of ether oxygens (including phenoxy) is 1. The van der Waals surface area contributed by atoms with Crippen LogP contribution in [0, 0.1) is 24.2 Å². The van der Waals surface area contributed by atoms with Crippen molar-refractivity contribution < 1.29 is 9.53 Å². The van der Waals surface area contributed by atoms with Crippen molar-refractivity contribution in [3.05, 3.63) is 34.9 Å². The Kier molecular flexibility index (Phi) is 3.79. The van der Waals surface area contributed by atoms with Crippen molar-refractivity contribution in [2.75, 3.05) is 20.3 Å². The van der Waals surface area contributed by atoms with Crippen LogP contribution in [0.25, 0.3) is 0 Å². The average Bonchev–Trinajstić information content (AvgIpc) is 2.46. The number of aryl methyl sites for hydroxylation is 1. The quantitative estimate of drug-likeness (QED) is 0.781. The summed E-state index contributed by atoms with van der Waals surface area (Å²) in [5.41, 5.74) is 2.10. The monoisotopic (exact) mass is 284 g/mol. The highest BCUT2D eigenvalue weighted by Gasteiger charge is 2.39. The van der Waals surface area contributed by atoms with Gasteiger partial charge < -0.3 is 4.74 Å². The first-order chi connectivity index (χ1) is 10.1. The molecular weight excluding hydrogens is 264 g/mol. The number of rotatable bonds is 2. The predicted octanol–water partition coefficient (Wildman–Crippen LogP) is 2.16. The molecule has 0 spiro atoms. The lowest BCUT2D eigenvalue weighted by molar-refractivity contribution is -0.0702. The molecule has 2 aliphatic heterocycles. The van der Waals surface area contributed by atoms with E-state index in [2.05, 4.69) is 18.0 Å². The minimum Gasteiger partial charge on any atom is -0.378 e. The smallest absolute Gasteiger partial charge is 0.167 e. The Morgan fingerprint density at radius 3 is 2.62 bits per heavy atom. The van der Waals surface area contributed by atoms with Gasteiger partial charge in [0.25, 0.3) is 0 Å². The van der Waals surface area contributed by atoms with Crippen LogP contribution in [0.2, 0.25) is 0 Å². The van der Waals surface area contributed by atoms with Crippen LogP contribution in [0.3, 0.4) is 0 Å². The number of nitrogens with zero attached hydrogens (tertiary/aromatic N) is 2. The van der Waals surface area contributed by atoms with Gasteiger partial charge in [0.15, 0.2) is 5.78 Å². The number of Topliss-reactive ketones (excluding diaryl/α,β-unsaturated/α-hetero) is 1. The van der Waals surface area contributed by atoms with Crippen molar-refractivity contribution in [3.8, 4) is 6.07 Å². The Hall–Kier alpha value is -1.70. The molecule has 0 amide bonds. The van der Waals surface area contributed by atoms with E-state index in [0.717, 1.165) is 18.4 Å². The average molecular weight is 284 g/mol. The molecule has 2 unspecified atom stereocenters. The topological polar surface area (TPSA) is 53.3 Å². The Balaban J connectivity index is 1.86. The first-order valence-corrected chi connectivity index (χ1v) is 7.44. The molecule has 2 heterocycles. The fraction of sp³-hybridized carbons (Fsp3) is 0.529. The molecule has 1 aromatic rings. The summed E-state index contributed by atoms with van der Waals surface area (Å²) in [5, 5.41) is 9.23. The fourth-order valence-electron chi connectivity index (χ4n) is 3.49. The number of carbonyl (C=O) groups is 1. The minimum absolute atomic E-state index is 0.00833. The van der Waals surface area contributed by atoms with Crippen LogP contribution >= 0.6 is 0 Å². The van der Waals surface area contributed by atoms with Gasteiger partial charge in [-0.1, -0.05) is 11.6 Å². The molecule has 2 aliphatic rings. The van der Waals surface area contributed by atoms with Gasteiger partial charge in [0.2, 0.25) is 0 Å². The predicted molar refractivity (Wildman–Crippen MR) is 79.1 cm³/mol. The van der Waals surface area contributed by atoms with Crippen molar-refractivity contribution in [3.63, 3.8) is 0 Å². The largest absolute Gasteiger partial charge is 0.378 e. The zero-order valence-electron chi connectivity index (χ0n) is 12.5. The zero-order chi connectivity index (χ0) is 15.0. The van der Waals surface area contributed by atoms with Crippen molar-refractivity contribution in [1.82, 2.24) is 4.90 Å². The second-order valence-electron chi connectivity index (χ2n) is 6.20. The number of nitriles is 1. The number of piperidine rings is 1. The maximum absolute atomic E-state index is 12.9. The number of fused-ring (bicyclic) bond motifs is 2. The van der Waals surface area contributed by atoms with E-state index >= 15 is 0 Å². The van der Waals surface area contributed by atoms with Crippen molar-refractivity contribution in [2.45, 2.75) is 31.8 Å². The van der Waals surface area contributed by atoms with Gasteiger partial charge in [-0.2, -0.15) is 5.26 Å². The molecule has 2 fully saturated rings. The number of likely N-dealkylation sites (N-methyl/N-ethyl adjacent to an activating group) is 1. The van der Waals surface area contributed by atoms with E-state index in [-0.39, 0.29) is 11.7 Å². The van der Waals surface area contributed by atoms with Gasteiger partial charge in [0, 0.05) is 23.6 Å². The molecule has 1 aromatic carbocycles. The van der Waals surface area contributed by atoms with Crippen molar-refractivity contribution in [2.24, 2.45) is 5.92 Å². The first-order valence-electron chi connectivity index (χ1n) is 7.44. The number of ketones is 1. The summed E-state index contributed by atoms with van der Waals surface area (Å²) < 4.78 is 5.60. The number of benzene rings is 1. The summed E-state index contributed by atoms with van der Waals surface area (Å²) >= 11 is 0. The number of hydrogen-bond donors (Lipinski definition) is 0. The molecule has 110 valence electrons. The molecule has 4 nitrogen and oxygen atoms in total. The first kappa shape index (κ1) is 14.2. The van der Waals surface area contributed by atoms with Gasteiger partial charge in [-0.25, -0.2) is 0 Å². The molecule has 2 bridgehead atoms. The number of morpholine rings is 1. The highest BCUT2D eigenvalue weighted by Crippen LogP contribution is 2.33. The Bertz CT molecular complexity index is 591. The van der Waals surface area contributed by atoms with Crippen LogP contribution in [0.15, 0.2) is 18.2 Å². The van der Waals surface area contributed by atoms with E-state index < -0.39 is 0 Å². The molecule has 0 saturated carbocycles. The van der Waals surface area contributed by atoms with Crippen LogP contribution in [0.4, 0.5) is 0 Å². The molecule has 4 heteroatoms. The van der Waals surface area contributed by atoms with E-state index in [1.54, 1.807) is 6.07 Å². The van der Waals surface area contributed by atoms with Crippen molar-refractivity contribution >= 4 is 5.78 Å². The van der Waals surface area contributed by atoms with Crippen molar-refractivity contribution in [1.29, 1.82) is 5.26 Å². The molecule has 21 heavy (non-hydrogen) atoms. The van der Waals surface area contributed by atoms with Gasteiger partial charge in [-0.15, -0.1) is 0 Å². The second-order valence-corrected chi connectivity index (χ2v) is 6.20. The number of carbonyl (C=O) groups excluding carboxylic acids is 1. The lowest BCUT2D eigenvalue weighted by Crippen LogP contribution is -2.55. The summed E-state index contributed by atoms with van der Waals surface area (Å²) in [7, 11) is 2.12. The molecule has 0 aromatic heterocycles. The SMILES string of the molecule is Cc1ccc(C#N)c(C(=O)C2CC3COCC(C2)N3C)c1. The fourth-order valence-corrected chi connectivity index (χ4v) is 3.49. The number of hydrogen-bond acceptors (Lipinski definition) is 4. The van der Waals surface area contributed by atoms with Crippen LogP contribution in [0.5, 0.6) is 0 Å². The highest BCUT2D eigenvalue weighted by atomic mass is 16.5. The Morgan fingerprint density at radius 1 is 1.33 bits per heavy atom. The van der Waals surface area contributed by atoms with E-state index in [1.807, 2.05) is 19.1 Å². The highest BCUT2D eigenvalue weighted by molar-refractivity contribution is 6.00. The van der Waals surface area contributed by atoms with Crippen LogP contribution in [0.1, 0.15) is 34.3 Å². The lowest BCUT2D eigenvalue weighted by atomic mass is 9.80. The molecule has 0 aliphatic carbocycles. The van der Waals surface area contributed by atoms with Gasteiger partial charge in [0.05, 0.1) is 24.8 Å². The standard InChI is InChI=1S/C17H20N2O2/c1-11-3-4-12(8-18)16(5-11)17(20)13-6-14-9-21-10-15(7-13)19(14)2/h3-5,13-15H,6-7,9-10H2,1-2H3. The summed E-state index contributed by atoms with van der Waals surface area (Å²) in [5.74, 6) is 0.134. The van der Waals surface area contributed by atoms with E-state index in [0.29, 0.717) is 36.4 Å². The van der Waals surface area contributed by atoms with E-state index in [4.69, 9.17) is 4.74 Å². The van der Waals surface area contributed by atoms with Gasteiger partial charge in [-0.05, 0) is 38.9 Å². The van der Waals surface area contributed by atoms with E-state index in [9.17, 15) is 10.1 Å². The zero-order valence-corrected chi connectivity index (χ0v) is 12.5. The van der Waals surface area contributed by atoms with Crippen LogP contribution in [-0.4, -0.2) is 43.0 Å². The van der Waals surface area contributed by atoms with Gasteiger partial charge in [-0.3, -0.25) is 9.69 Å². The summed E-state index contributed by atoms with van der Waals surface area (Å²) in [6, 6.07) is 8.27. The third kappa shape index (κ3) is 2.59. The Labute approximate surface area is 125 Å².